The van der Waals surface area contributed by atoms with E-state index in [2.05, 4.69) is 17.2 Å². The normalized spacial score (nSPS) is 12.3. The summed E-state index contributed by atoms with van der Waals surface area (Å²) < 4.78 is 0. The number of pyridine rings is 1. The van der Waals surface area contributed by atoms with Crippen LogP contribution in [-0.4, -0.2) is 29.1 Å². The molecule has 1 aromatic heterocycles. The molecule has 2 aromatic rings. The third kappa shape index (κ3) is 3.74. The maximum absolute atomic E-state index is 12.3. The second-order valence-corrected chi connectivity index (χ2v) is 5.45. The number of aromatic amines is 1. The van der Waals surface area contributed by atoms with E-state index in [1.165, 1.54) is 6.20 Å². The van der Waals surface area contributed by atoms with E-state index < -0.39 is 0 Å². The first kappa shape index (κ1) is 16.2. The van der Waals surface area contributed by atoms with E-state index in [1.807, 2.05) is 6.07 Å². The standard InChI is InChI=1S/C17H22N2O3/c1-2-5-12(8-9-20)10-19-17(22)14-11-18-15-7-4-3-6-13(15)16(14)21/h3-4,6-7,11-12,20H,2,5,8-10H2,1H3,(H,18,21)(H,19,22). The van der Waals surface area contributed by atoms with Gasteiger partial charge < -0.3 is 15.4 Å². The molecule has 1 atom stereocenters. The topological polar surface area (TPSA) is 82.2 Å². The Bertz CT molecular complexity index is 688. The van der Waals surface area contributed by atoms with Gasteiger partial charge >= 0.3 is 0 Å². The van der Waals surface area contributed by atoms with Crippen LogP contribution < -0.4 is 10.7 Å². The number of aromatic nitrogens is 1. The lowest BCUT2D eigenvalue weighted by molar-refractivity contribution is 0.0941. The fraction of sp³-hybridized carbons (Fsp3) is 0.412. The molecule has 1 amide bonds. The minimum Gasteiger partial charge on any atom is -0.396 e. The summed E-state index contributed by atoms with van der Waals surface area (Å²) in [5.41, 5.74) is 0.576. The number of para-hydroxylation sites is 1. The second-order valence-electron chi connectivity index (χ2n) is 5.45. The first-order valence-electron chi connectivity index (χ1n) is 7.66. The molecule has 0 aliphatic heterocycles. The van der Waals surface area contributed by atoms with E-state index in [-0.39, 0.29) is 29.4 Å². The van der Waals surface area contributed by atoms with Crippen molar-refractivity contribution in [2.45, 2.75) is 26.2 Å². The summed E-state index contributed by atoms with van der Waals surface area (Å²) in [7, 11) is 0. The Labute approximate surface area is 129 Å². The zero-order valence-electron chi connectivity index (χ0n) is 12.8. The molecule has 2 rings (SSSR count). The van der Waals surface area contributed by atoms with E-state index >= 15 is 0 Å². The molecule has 22 heavy (non-hydrogen) atoms. The van der Waals surface area contributed by atoms with Crippen LogP contribution in [-0.2, 0) is 0 Å². The van der Waals surface area contributed by atoms with Gasteiger partial charge in [0.2, 0.25) is 5.43 Å². The maximum Gasteiger partial charge on any atom is 0.256 e. The predicted octanol–water partition coefficient (Wildman–Crippen LogP) is 2.06. The van der Waals surface area contributed by atoms with Crippen LogP contribution in [0.15, 0.2) is 35.3 Å². The minimum absolute atomic E-state index is 0.108. The van der Waals surface area contributed by atoms with E-state index in [0.29, 0.717) is 23.9 Å². The maximum atomic E-state index is 12.3. The summed E-state index contributed by atoms with van der Waals surface area (Å²) >= 11 is 0. The smallest absolute Gasteiger partial charge is 0.256 e. The van der Waals surface area contributed by atoms with Crippen molar-refractivity contribution in [3.8, 4) is 0 Å². The van der Waals surface area contributed by atoms with Crippen molar-refractivity contribution in [2.24, 2.45) is 5.92 Å². The molecule has 0 bridgehead atoms. The monoisotopic (exact) mass is 302 g/mol. The average Bonchev–Trinajstić information content (AvgIpc) is 2.53. The molecule has 0 aliphatic carbocycles. The largest absolute Gasteiger partial charge is 0.396 e. The number of aliphatic hydroxyl groups excluding tert-OH is 1. The number of nitrogens with one attached hydrogen (secondary N) is 2. The highest BCUT2D eigenvalue weighted by Gasteiger charge is 2.14. The molecule has 1 aromatic carbocycles. The minimum atomic E-state index is -0.369. The molecule has 0 saturated heterocycles. The summed E-state index contributed by atoms with van der Waals surface area (Å²) in [4.78, 5) is 27.6. The molecule has 5 heteroatoms. The van der Waals surface area contributed by atoms with Crippen LogP contribution in [0.3, 0.4) is 0 Å². The van der Waals surface area contributed by atoms with Crippen LogP contribution in [0.2, 0.25) is 0 Å². The van der Waals surface area contributed by atoms with Gasteiger partial charge in [0.25, 0.3) is 5.91 Å². The average molecular weight is 302 g/mol. The second kappa shape index (κ2) is 7.75. The Hall–Kier alpha value is -2.14. The number of carbonyl (C=O) groups is 1. The van der Waals surface area contributed by atoms with Crippen LogP contribution in [0.1, 0.15) is 36.5 Å². The van der Waals surface area contributed by atoms with Gasteiger partial charge in [0.15, 0.2) is 0 Å². The van der Waals surface area contributed by atoms with Gasteiger partial charge in [0, 0.05) is 30.3 Å². The van der Waals surface area contributed by atoms with Crippen LogP contribution >= 0.6 is 0 Å². The van der Waals surface area contributed by atoms with E-state index in [4.69, 9.17) is 5.11 Å². The van der Waals surface area contributed by atoms with Gasteiger partial charge in [-0.2, -0.15) is 0 Å². The summed E-state index contributed by atoms with van der Waals surface area (Å²) in [6.07, 6.45) is 4.05. The molecule has 0 spiro atoms. The summed E-state index contributed by atoms with van der Waals surface area (Å²) in [5, 5.41) is 12.4. The van der Waals surface area contributed by atoms with Gasteiger partial charge in [-0.3, -0.25) is 9.59 Å². The van der Waals surface area contributed by atoms with Gasteiger partial charge in [-0.15, -0.1) is 0 Å². The highest BCUT2D eigenvalue weighted by Crippen LogP contribution is 2.10. The summed E-state index contributed by atoms with van der Waals surface area (Å²) in [6.45, 7) is 2.65. The number of H-pyrrole nitrogens is 1. The highest BCUT2D eigenvalue weighted by atomic mass is 16.3. The SMILES string of the molecule is CCCC(CCO)CNC(=O)c1c[nH]c2ccccc2c1=O. The Morgan fingerprint density at radius 1 is 1.32 bits per heavy atom. The first-order chi connectivity index (χ1) is 10.7. The molecule has 1 heterocycles. The van der Waals surface area contributed by atoms with Gasteiger partial charge in [0.1, 0.15) is 5.56 Å². The van der Waals surface area contributed by atoms with Crippen LogP contribution in [0.4, 0.5) is 0 Å². The third-order valence-corrected chi connectivity index (χ3v) is 3.82. The molecular formula is C17H22N2O3. The zero-order valence-corrected chi connectivity index (χ0v) is 12.8. The number of carbonyl (C=O) groups excluding carboxylic acids is 1. The molecule has 1 unspecified atom stereocenters. The lowest BCUT2D eigenvalue weighted by Crippen LogP contribution is -2.33. The molecular weight excluding hydrogens is 280 g/mol. The quantitative estimate of drug-likeness (QED) is 0.732. The summed E-state index contributed by atoms with van der Waals surface area (Å²) in [5.74, 6) is -0.135. The van der Waals surface area contributed by atoms with Crippen molar-refractivity contribution in [3.63, 3.8) is 0 Å². The predicted molar refractivity (Wildman–Crippen MR) is 87.0 cm³/mol. The van der Waals surface area contributed by atoms with Gasteiger partial charge in [-0.25, -0.2) is 0 Å². The van der Waals surface area contributed by atoms with Crippen molar-refractivity contribution in [2.75, 3.05) is 13.2 Å². The van der Waals surface area contributed by atoms with Gasteiger partial charge in [-0.05, 0) is 30.9 Å². The number of hydrogen-bond acceptors (Lipinski definition) is 3. The number of hydrogen-bond donors (Lipinski definition) is 3. The zero-order chi connectivity index (χ0) is 15.9. The highest BCUT2D eigenvalue weighted by molar-refractivity contribution is 5.97. The van der Waals surface area contributed by atoms with Gasteiger partial charge in [0.05, 0.1) is 0 Å². The van der Waals surface area contributed by atoms with Crippen LogP contribution in [0.5, 0.6) is 0 Å². The van der Waals surface area contributed by atoms with Crippen LogP contribution in [0.25, 0.3) is 10.9 Å². The number of amides is 1. The Morgan fingerprint density at radius 3 is 2.82 bits per heavy atom. The molecule has 0 radical (unpaired) electrons. The molecule has 3 N–H and O–H groups in total. The Morgan fingerprint density at radius 2 is 2.09 bits per heavy atom. The molecule has 5 nitrogen and oxygen atoms in total. The fourth-order valence-electron chi connectivity index (χ4n) is 2.61. The lowest BCUT2D eigenvalue weighted by atomic mass is 10.00. The van der Waals surface area contributed by atoms with Crippen LogP contribution in [0, 0.1) is 5.92 Å². The number of aliphatic hydroxyl groups is 1. The Balaban J connectivity index is 2.13. The fourth-order valence-corrected chi connectivity index (χ4v) is 2.61. The first-order valence-corrected chi connectivity index (χ1v) is 7.66. The van der Waals surface area contributed by atoms with Crippen molar-refractivity contribution in [1.82, 2.24) is 10.3 Å². The number of benzene rings is 1. The number of rotatable bonds is 7. The molecule has 0 saturated carbocycles. The molecule has 0 aliphatic rings. The van der Waals surface area contributed by atoms with Gasteiger partial charge in [-0.1, -0.05) is 25.5 Å². The molecule has 118 valence electrons. The van der Waals surface area contributed by atoms with Crippen molar-refractivity contribution in [1.29, 1.82) is 0 Å². The van der Waals surface area contributed by atoms with Crippen molar-refractivity contribution >= 4 is 16.8 Å². The summed E-state index contributed by atoms with van der Waals surface area (Å²) in [6, 6.07) is 7.12. The third-order valence-electron chi connectivity index (χ3n) is 3.82. The van der Waals surface area contributed by atoms with Crippen molar-refractivity contribution in [3.05, 3.63) is 46.2 Å². The van der Waals surface area contributed by atoms with E-state index in [9.17, 15) is 9.59 Å². The number of fused-ring (bicyclic) bond motifs is 1. The van der Waals surface area contributed by atoms with Crippen molar-refractivity contribution < 1.29 is 9.90 Å². The lowest BCUT2D eigenvalue weighted by Gasteiger charge is -2.15. The van der Waals surface area contributed by atoms with E-state index in [1.54, 1.807) is 18.2 Å². The molecule has 0 fully saturated rings. The van der Waals surface area contributed by atoms with E-state index in [0.717, 1.165) is 12.8 Å². The Kier molecular flexibility index (Phi) is 5.72.